The standard InChI is InChI=1S/C29H38N2O/c1-29(2,3)31-22-28(32)27(21-23-13-7-4-8-14-23)30-20-19-26(24-15-9-5-10-16-24)25-17-11-6-12-18-25/h4-18,26-28,30-32H,19-22H2,1-3H3/t27-,28-/m0/s1. The second-order valence-corrected chi connectivity index (χ2v) is 9.61. The highest BCUT2D eigenvalue weighted by Crippen LogP contribution is 2.27. The Morgan fingerprint density at radius 2 is 1.25 bits per heavy atom. The summed E-state index contributed by atoms with van der Waals surface area (Å²) in [5, 5.41) is 18.1. The first-order valence-electron chi connectivity index (χ1n) is 11.7. The van der Waals surface area contributed by atoms with Crippen molar-refractivity contribution in [3.8, 4) is 0 Å². The molecule has 0 heterocycles. The fourth-order valence-electron chi connectivity index (χ4n) is 4.07. The van der Waals surface area contributed by atoms with Crippen molar-refractivity contribution in [2.45, 2.75) is 57.2 Å². The lowest BCUT2D eigenvalue weighted by Crippen LogP contribution is -2.50. The van der Waals surface area contributed by atoms with Crippen LogP contribution in [-0.2, 0) is 6.42 Å². The zero-order valence-electron chi connectivity index (χ0n) is 19.7. The minimum Gasteiger partial charge on any atom is -0.390 e. The number of benzene rings is 3. The monoisotopic (exact) mass is 430 g/mol. The zero-order valence-corrected chi connectivity index (χ0v) is 19.7. The average Bonchev–Trinajstić information content (AvgIpc) is 2.81. The van der Waals surface area contributed by atoms with Crippen LogP contribution in [0.3, 0.4) is 0 Å². The Morgan fingerprint density at radius 1 is 0.750 bits per heavy atom. The Kier molecular flexibility index (Phi) is 9.04. The smallest absolute Gasteiger partial charge is 0.0820 e. The van der Waals surface area contributed by atoms with E-state index in [4.69, 9.17) is 0 Å². The van der Waals surface area contributed by atoms with E-state index < -0.39 is 6.10 Å². The van der Waals surface area contributed by atoms with E-state index in [0.29, 0.717) is 12.5 Å². The van der Waals surface area contributed by atoms with Crippen LogP contribution in [0.2, 0.25) is 0 Å². The van der Waals surface area contributed by atoms with Gasteiger partial charge >= 0.3 is 0 Å². The number of hydrogen-bond donors (Lipinski definition) is 3. The van der Waals surface area contributed by atoms with Gasteiger partial charge in [-0.25, -0.2) is 0 Å². The number of nitrogens with one attached hydrogen (secondary N) is 2. The van der Waals surface area contributed by atoms with Gasteiger partial charge in [0.25, 0.3) is 0 Å². The summed E-state index contributed by atoms with van der Waals surface area (Å²) in [7, 11) is 0. The summed E-state index contributed by atoms with van der Waals surface area (Å²) in [6.07, 6.45) is 1.30. The maximum atomic E-state index is 11.0. The lowest BCUT2D eigenvalue weighted by atomic mass is 9.88. The molecule has 0 bridgehead atoms. The topological polar surface area (TPSA) is 44.3 Å². The van der Waals surface area contributed by atoms with E-state index >= 15 is 0 Å². The predicted octanol–water partition coefficient (Wildman–Crippen LogP) is 5.16. The highest BCUT2D eigenvalue weighted by atomic mass is 16.3. The summed E-state index contributed by atoms with van der Waals surface area (Å²) in [6.45, 7) is 7.78. The van der Waals surface area contributed by atoms with Crippen molar-refractivity contribution in [2.75, 3.05) is 13.1 Å². The van der Waals surface area contributed by atoms with Crippen molar-refractivity contribution in [1.82, 2.24) is 10.6 Å². The van der Waals surface area contributed by atoms with Crippen LogP contribution in [-0.4, -0.2) is 35.9 Å². The molecule has 0 aliphatic carbocycles. The summed E-state index contributed by atoms with van der Waals surface area (Å²) >= 11 is 0. The van der Waals surface area contributed by atoms with Crippen LogP contribution in [0.1, 0.15) is 49.8 Å². The molecule has 0 aliphatic rings. The van der Waals surface area contributed by atoms with E-state index in [2.05, 4.69) is 116 Å². The van der Waals surface area contributed by atoms with Crippen molar-refractivity contribution in [3.05, 3.63) is 108 Å². The second-order valence-electron chi connectivity index (χ2n) is 9.61. The number of aliphatic hydroxyl groups is 1. The molecule has 3 heteroatoms. The van der Waals surface area contributed by atoms with Crippen LogP contribution in [0.25, 0.3) is 0 Å². The number of aliphatic hydroxyl groups excluding tert-OH is 1. The summed E-state index contributed by atoms with van der Waals surface area (Å²) < 4.78 is 0. The van der Waals surface area contributed by atoms with E-state index in [0.717, 1.165) is 19.4 Å². The fraction of sp³-hybridized carbons (Fsp3) is 0.379. The summed E-state index contributed by atoms with van der Waals surface area (Å²) in [6, 6.07) is 31.8. The first kappa shape index (κ1) is 24.2. The molecular weight excluding hydrogens is 392 g/mol. The second kappa shape index (κ2) is 12.0. The highest BCUT2D eigenvalue weighted by Gasteiger charge is 2.22. The van der Waals surface area contributed by atoms with Gasteiger partial charge in [-0.1, -0.05) is 91.0 Å². The first-order valence-corrected chi connectivity index (χ1v) is 11.7. The van der Waals surface area contributed by atoms with Gasteiger partial charge in [0, 0.05) is 24.0 Å². The molecule has 32 heavy (non-hydrogen) atoms. The van der Waals surface area contributed by atoms with Crippen LogP contribution >= 0.6 is 0 Å². The van der Waals surface area contributed by atoms with Gasteiger partial charge in [0.1, 0.15) is 0 Å². The molecule has 0 amide bonds. The van der Waals surface area contributed by atoms with Gasteiger partial charge in [-0.2, -0.15) is 0 Å². The van der Waals surface area contributed by atoms with E-state index in [1.54, 1.807) is 0 Å². The third-order valence-electron chi connectivity index (χ3n) is 5.85. The molecule has 0 aromatic heterocycles. The molecule has 170 valence electrons. The third kappa shape index (κ3) is 7.90. The van der Waals surface area contributed by atoms with E-state index in [9.17, 15) is 5.11 Å². The van der Waals surface area contributed by atoms with Crippen molar-refractivity contribution < 1.29 is 5.11 Å². The summed E-state index contributed by atoms with van der Waals surface area (Å²) in [4.78, 5) is 0. The van der Waals surface area contributed by atoms with Crippen LogP contribution in [0, 0.1) is 0 Å². The Balaban J connectivity index is 1.69. The Morgan fingerprint density at radius 3 is 1.75 bits per heavy atom. The normalized spacial score (nSPS) is 13.8. The SMILES string of the molecule is CC(C)(C)NC[C@H](O)[C@H](Cc1ccccc1)NCCC(c1ccccc1)c1ccccc1. The minimum atomic E-state index is -0.471. The lowest BCUT2D eigenvalue weighted by molar-refractivity contribution is 0.117. The molecule has 2 atom stereocenters. The van der Waals surface area contributed by atoms with Gasteiger partial charge in [0.2, 0.25) is 0 Å². The third-order valence-corrected chi connectivity index (χ3v) is 5.85. The first-order chi connectivity index (χ1) is 15.4. The van der Waals surface area contributed by atoms with Crippen molar-refractivity contribution in [1.29, 1.82) is 0 Å². The van der Waals surface area contributed by atoms with Gasteiger partial charge in [-0.3, -0.25) is 0 Å². The Hall–Kier alpha value is -2.46. The Labute approximate surface area is 193 Å². The van der Waals surface area contributed by atoms with Crippen LogP contribution < -0.4 is 10.6 Å². The molecule has 0 radical (unpaired) electrons. The molecule has 0 unspecified atom stereocenters. The molecule has 0 spiro atoms. The van der Waals surface area contributed by atoms with Gasteiger partial charge in [0.15, 0.2) is 0 Å². The highest BCUT2D eigenvalue weighted by molar-refractivity contribution is 5.32. The quantitative estimate of drug-likeness (QED) is 0.394. The largest absolute Gasteiger partial charge is 0.390 e. The molecule has 3 aromatic carbocycles. The average molecular weight is 431 g/mol. The van der Waals surface area contributed by atoms with Crippen LogP contribution in [0.4, 0.5) is 0 Å². The molecule has 3 N–H and O–H groups in total. The molecule has 0 saturated carbocycles. The number of rotatable bonds is 11. The summed E-state index contributed by atoms with van der Waals surface area (Å²) in [5.74, 6) is 0.326. The van der Waals surface area contributed by atoms with Crippen molar-refractivity contribution in [2.24, 2.45) is 0 Å². The van der Waals surface area contributed by atoms with Gasteiger partial charge in [-0.15, -0.1) is 0 Å². The van der Waals surface area contributed by atoms with Gasteiger partial charge in [0.05, 0.1) is 6.10 Å². The molecule has 3 nitrogen and oxygen atoms in total. The lowest BCUT2D eigenvalue weighted by Gasteiger charge is -2.29. The molecule has 0 fully saturated rings. The van der Waals surface area contributed by atoms with Crippen molar-refractivity contribution in [3.63, 3.8) is 0 Å². The maximum Gasteiger partial charge on any atom is 0.0820 e. The van der Waals surface area contributed by atoms with E-state index in [-0.39, 0.29) is 11.6 Å². The van der Waals surface area contributed by atoms with Crippen molar-refractivity contribution >= 4 is 0 Å². The molecule has 3 aromatic rings. The maximum absolute atomic E-state index is 11.0. The number of hydrogen-bond acceptors (Lipinski definition) is 3. The molecule has 3 rings (SSSR count). The zero-order chi connectivity index (χ0) is 22.8. The van der Waals surface area contributed by atoms with Gasteiger partial charge in [-0.05, 0) is 56.8 Å². The number of β-amino-alcohol motifs (C(OH)–C–C–N with tert-alkyl or cyclic N) is 1. The van der Waals surface area contributed by atoms with E-state index in [1.165, 1.54) is 16.7 Å². The fourth-order valence-corrected chi connectivity index (χ4v) is 4.07. The Bertz CT molecular complexity index is 851. The van der Waals surface area contributed by atoms with Crippen LogP contribution in [0.15, 0.2) is 91.0 Å². The molecular formula is C29H38N2O. The minimum absolute atomic E-state index is 0.0144. The van der Waals surface area contributed by atoms with Crippen LogP contribution in [0.5, 0.6) is 0 Å². The van der Waals surface area contributed by atoms with E-state index in [1.807, 2.05) is 6.07 Å². The summed E-state index contributed by atoms with van der Waals surface area (Å²) in [5.41, 5.74) is 3.87. The predicted molar refractivity (Wildman–Crippen MR) is 135 cm³/mol. The molecule has 0 aliphatic heterocycles. The van der Waals surface area contributed by atoms with Gasteiger partial charge < -0.3 is 15.7 Å². The molecule has 0 saturated heterocycles.